The smallest absolute Gasteiger partial charge is 0.462 e. The Morgan fingerprint density at radius 1 is 0.266 bits per heavy atom. The quantitative estimate of drug-likeness (QED) is 0.0222. The second kappa shape index (κ2) is 64.4. The summed E-state index contributed by atoms with van der Waals surface area (Å²) >= 11 is 0. The second-order valence-corrected chi connectivity index (χ2v) is 31.9. The zero-order chi connectivity index (χ0) is 69.6. The van der Waals surface area contributed by atoms with Gasteiger partial charge in [0.1, 0.15) is 19.3 Å². The summed E-state index contributed by atoms with van der Waals surface area (Å²) in [7, 11) is -9.91. The van der Waals surface area contributed by atoms with Crippen molar-refractivity contribution in [3.63, 3.8) is 0 Å². The summed E-state index contributed by atoms with van der Waals surface area (Å²) in [6.07, 6.45) is 48.8. The number of unbranched alkanes of at least 4 members (excludes halogenated alkanes) is 38. The number of hydrogen-bond acceptors (Lipinski definition) is 15. The fourth-order valence-electron chi connectivity index (χ4n) is 11.4. The van der Waals surface area contributed by atoms with Crippen LogP contribution in [0.2, 0.25) is 0 Å². The lowest BCUT2D eigenvalue weighted by Crippen LogP contribution is -2.30. The molecule has 0 aromatic heterocycles. The lowest BCUT2D eigenvalue weighted by atomic mass is 10.0. The van der Waals surface area contributed by atoms with E-state index in [1.807, 2.05) is 0 Å². The molecule has 0 aromatic carbocycles. The first-order valence-electron chi connectivity index (χ1n) is 38.7. The van der Waals surface area contributed by atoms with Crippen LogP contribution < -0.4 is 0 Å². The van der Waals surface area contributed by atoms with Gasteiger partial charge in [-0.15, -0.1) is 0 Å². The molecule has 94 heavy (non-hydrogen) atoms. The van der Waals surface area contributed by atoms with Gasteiger partial charge in [0.2, 0.25) is 0 Å². The highest BCUT2D eigenvalue weighted by Gasteiger charge is 2.30. The van der Waals surface area contributed by atoms with Crippen molar-refractivity contribution in [2.45, 2.75) is 395 Å². The Hall–Kier alpha value is -1.94. The molecule has 3 unspecified atom stereocenters. The van der Waals surface area contributed by atoms with Gasteiger partial charge in [-0.1, -0.05) is 325 Å². The number of carbonyl (C=O) groups is 4. The van der Waals surface area contributed by atoms with Crippen LogP contribution in [0.15, 0.2) is 0 Å². The molecule has 0 aliphatic rings. The van der Waals surface area contributed by atoms with E-state index >= 15 is 0 Å². The maximum Gasteiger partial charge on any atom is 0.472 e. The molecule has 5 atom stereocenters. The molecule has 0 heterocycles. The summed E-state index contributed by atoms with van der Waals surface area (Å²) in [6, 6.07) is 0. The van der Waals surface area contributed by atoms with Gasteiger partial charge in [-0.3, -0.25) is 37.3 Å². The molecule has 0 amide bonds. The van der Waals surface area contributed by atoms with E-state index in [9.17, 15) is 43.2 Å². The molecule has 17 nitrogen and oxygen atoms in total. The number of rotatable bonds is 72. The van der Waals surface area contributed by atoms with Crippen LogP contribution in [0.1, 0.15) is 376 Å². The number of aliphatic hydroxyl groups excluding tert-OH is 1. The Morgan fingerprint density at radius 3 is 0.660 bits per heavy atom. The highest BCUT2D eigenvalue weighted by molar-refractivity contribution is 7.47. The first-order chi connectivity index (χ1) is 45.1. The van der Waals surface area contributed by atoms with E-state index in [0.29, 0.717) is 37.5 Å². The number of ether oxygens (including phenoxy) is 4. The van der Waals surface area contributed by atoms with Gasteiger partial charge in [-0.05, 0) is 49.4 Å². The van der Waals surface area contributed by atoms with Crippen LogP contribution in [0.3, 0.4) is 0 Å². The van der Waals surface area contributed by atoms with Crippen molar-refractivity contribution in [2.24, 2.45) is 23.7 Å². The monoisotopic (exact) mass is 1380 g/mol. The van der Waals surface area contributed by atoms with Gasteiger partial charge >= 0.3 is 39.5 Å². The van der Waals surface area contributed by atoms with E-state index in [2.05, 4.69) is 55.4 Å². The van der Waals surface area contributed by atoms with Crippen LogP contribution in [0, 0.1) is 23.7 Å². The number of phosphoric acid groups is 2. The number of carbonyl (C=O) groups excluding carboxylic acids is 4. The van der Waals surface area contributed by atoms with E-state index in [-0.39, 0.29) is 25.7 Å². The van der Waals surface area contributed by atoms with Gasteiger partial charge in [0, 0.05) is 25.7 Å². The molecule has 3 N–H and O–H groups in total. The van der Waals surface area contributed by atoms with Gasteiger partial charge in [0.15, 0.2) is 12.2 Å². The van der Waals surface area contributed by atoms with Crippen LogP contribution in [0.25, 0.3) is 0 Å². The summed E-state index contributed by atoms with van der Waals surface area (Å²) in [5.41, 5.74) is 0. The topological polar surface area (TPSA) is 237 Å². The molecular formula is C75H146O17P2. The van der Waals surface area contributed by atoms with Crippen LogP contribution in [0.4, 0.5) is 0 Å². The third-order valence-electron chi connectivity index (χ3n) is 17.3. The molecular weight excluding hydrogens is 1230 g/mol. The maximum absolute atomic E-state index is 13.0. The van der Waals surface area contributed by atoms with Gasteiger partial charge < -0.3 is 33.8 Å². The summed E-state index contributed by atoms with van der Waals surface area (Å²) in [5.74, 6) is 0.868. The Labute approximate surface area is 575 Å². The standard InChI is InChI=1S/C75H146O17P2/c1-65(2)51-43-35-27-21-17-13-10-9-11-15-19-23-31-39-47-55-72(77)85-61-71(92-75(80)58-50-42-34-26-30-38-46-54-68(7)8)64-90-94(83,84)88-60-69(76)59-87-93(81,82)89-63-70(62-86-73(78)56-48-40-33-25-29-37-45-53-67(5)6)91-74(79)57-49-41-32-24-20-16-12-14-18-22-28-36-44-52-66(3)4/h65-71,76H,9-64H2,1-8H3,(H,81,82)(H,83,84)/t69?,70-,71-/m1/s1. The average Bonchev–Trinajstić information content (AvgIpc) is 2.25. The van der Waals surface area contributed by atoms with Crippen molar-refractivity contribution in [3.05, 3.63) is 0 Å². The van der Waals surface area contributed by atoms with E-state index in [4.69, 9.17) is 37.0 Å². The number of phosphoric ester groups is 2. The lowest BCUT2D eigenvalue weighted by molar-refractivity contribution is -0.161. The van der Waals surface area contributed by atoms with E-state index in [1.165, 1.54) is 173 Å². The fraction of sp³-hybridized carbons (Fsp3) is 0.947. The average molecular weight is 1380 g/mol. The molecule has 0 saturated carbocycles. The predicted molar refractivity (Wildman–Crippen MR) is 381 cm³/mol. The second-order valence-electron chi connectivity index (χ2n) is 28.9. The maximum atomic E-state index is 13.0. The molecule has 19 heteroatoms. The van der Waals surface area contributed by atoms with Crippen LogP contribution in [-0.2, 0) is 65.4 Å². The van der Waals surface area contributed by atoms with Crippen molar-refractivity contribution >= 4 is 39.5 Å². The Kier molecular flexibility index (Phi) is 63.1. The molecule has 0 bridgehead atoms. The van der Waals surface area contributed by atoms with Crippen LogP contribution >= 0.6 is 15.6 Å². The van der Waals surface area contributed by atoms with E-state index in [0.717, 1.165) is 108 Å². The summed E-state index contributed by atoms with van der Waals surface area (Å²) in [6.45, 7) is 14.1. The number of esters is 4. The molecule has 558 valence electrons. The minimum atomic E-state index is -4.95. The third kappa shape index (κ3) is 68.6. The SMILES string of the molecule is CC(C)CCCCCCCCCCCCCCCCCC(=O)OC[C@H](COP(=O)(O)OCC(O)COP(=O)(O)OC[C@@H](COC(=O)CCCCCCCCCC(C)C)OC(=O)CCCCCCCCCCCCCCCC(C)C)OC(=O)CCCCCCCCCC(C)C. The van der Waals surface area contributed by atoms with Crippen molar-refractivity contribution < 1.29 is 80.2 Å². The minimum Gasteiger partial charge on any atom is -0.462 e. The van der Waals surface area contributed by atoms with Crippen molar-refractivity contribution in [3.8, 4) is 0 Å². The van der Waals surface area contributed by atoms with Gasteiger partial charge in [0.05, 0.1) is 26.4 Å². The van der Waals surface area contributed by atoms with Gasteiger partial charge in [-0.25, -0.2) is 9.13 Å². The molecule has 0 radical (unpaired) electrons. The largest absolute Gasteiger partial charge is 0.472 e. The zero-order valence-corrected chi connectivity index (χ0v) is 63.4. The first kappa shape index (κ1) is 92.1. The van der Waals surface area contributed by atoms with Crippen molar-refractivity contribution in [2.75, 3.05) is 39.6 Å². The first-order valence-corrected chi connectivity index (χ1v) is 41.7. The fourth-order valence-corrected chi connectivity index (χ4v) is 13.0. The Balaban J connectivity index is 5.19. The summed E-state index contributed by atoms with van der Waals surface area (Å²) in [5, 5.41) is 10.6. The highest BCUT2D eigenvalue weighted by atomic mass is 31.2. The zero-order valence-electron chi connectivity index (χ0n) is 61.6. The van der Waals surface area contributed by atoms with Gasteiger partial charge in [-0.2, -0.15) is 0 Å². The van der Waals surface area contributed by atoms with E-state index < -0.39 is 97.5 Å². The van der Waals surface area contributed by atoms with Gasteiger partial charge in [0.25, 0.3) is 0 Å². The summed E-state index contributed by atoms with van der Waals surface area (Å²) in [4.78, 5) is 72.7. The highest BCUT2D eigenvalue weighted by Crippen LogP contribution is 2.45. The normalized spacial score (nSPS) is 14.2. The number of hydrogen-bond donors (Lipinski definition) is 3. The lowest BCUT2D eigenvalue weighted by Gasteiger charge is -2.21. The predicted octanol–water partition coefficient (Wildman–Crippen LogP) is 21.7. The number of aliphatic hydroxyl groups is 1. The Bertz CT molecular complexity index is 1850. The van der Waals surface area contributed by atoms with Crippen LogP contribution in [0.5, 0.6) is 0 Å². The Morgan fingerprint density at radius 2 is 0.447 bits per heavy atom. The molecule has 0 aliphatic carbocycles. The molecule has 0 saturated heterocycles. The molecule has 0 aromatic rings. The van der Waals surface area contributed by atoms with Crippen LogP contribution in [-0.4, -0.2) is 96.7 Å². The summed E-state index contributed by atoms with van der Waals surface area (Å²) < 4.78 is 68.4. The molecule has 0 fully saturated rings. The van der Waals surface area contributed by atoms with Crippen molar-refractivity contribution in [1.82, 2.24) is 0 Å². The van der Waals surface area contributed by atoms with E-state index in [1.54, 1.807) is 0 Å². The van der Waals surface area contributed by atoms with Crippen molar-refractivity contribution in [1.29, 1.82) is 0 Å². The molecule has 0 spiro atoms. The minimum absolute atomic E-state index is 0.103. The third-order valence-corrected chi connectivity index (χ3v) is 19.2. The molecule has 0 rings (SSSR count). The molecule has 0 aliphatic heterocycles.